The molecule has 2 amide bonds. The number of aliphatic hydroxyl groups excluding tert-OH is 1. The van der Waals surface area contributed by atoms with Crippen LogP contribution in [-0.4, -0.2) is 48.6 Å². The lowest BCUT2D eigenvalue weighted by molar-refractivity contribution is 0.159. The van der Waals surface area contributed by atoms with Crippen molar-refractivity contribution in [2.75, 3.05) is 13.1 Å². The summed E-state index contributed by atoms with van der Waals surface area (Å²) in [4.78, 5) is 39.2. The molecule has 1 aliphatic carbocycles. The number of hydrogen-bond donors (Lipinski definition) is 3. The Morgan fingerprint density at radius 1 is 0.974 bits per heavy atom. The molecule has 1 fully saturated rings. The van der Waals surface area contributed by atoms with Crippen LogP contribution in [-0.2, 0) is 0 Å². The molecule has 3 aromatic heterocycles. The third-order valence-corrected chi connectivity index (χ3v) is 7.94. The second-order valence-corrected chi connectivity index (χ2v) is 10.1. The number of imidazole rings is 1. The summed E-state index contributed by atoms with van der Waals surface area (Å²) in [5.74, 6) is -2.53. The van der Waals surface area contributed by atoms with E-state index in [2.05, 4.69) is 20.3 Å². The van der Waals surface area contributed by atoms with Crippen LogP contribution in [0.4, 0.5) is 13.6 Å². The summed E-state index contributed by atoms with van der Waals surface area (Å²) < 4.78 is 30.9. The molecule has 1 aliphatic heterocycles. The van der Waals surface area contributed by atoms with Crippen molar-refractivity contribution in [3.63, 3.8) is 0 Å². The summed E-state index contributed by atoms with van der Waals surface area (Å²) in [6.45, 7) is 0.814. The van der Waals surface area contributed by atoms with E-state index >= 15 is 0 Å². The summed E-state index contributed by atoms with van der Waals surface area (Å²) >= 11 is 0. The molecule has 3 N–H and O–H groups in total. The summed E-state index contributed by atoms with van der Waals surface area (Å²) in [7, 11) is 0. The first kappa shape index (κ1) is 25.2. The summed E-state index contributed by atoms with van der Waals surface area (Å²) in [6.07, 6.45) is 4.05. The zero-order chi connectivity index (χ0) is 27.1. The van der Waals surface area contributed by atoms with E-state index in [9.17, 15) is 23.5 Å². The van der Waals surface area contributed by atoms with Crippen LogP contribution >= 0.6 is 0 Å². The van der Waals surface area contributed by atoms with Crippen molar-refractivity contribution in [2.45, 2.75) is 49.8 Å². The van der Waals surface area contributed by atoms with Gasteiger partial charge in [0.15, 0.2) is 17.3 Å². The molecule has 4 heterocycles. The number of aromatic amines is 1. The number of rotatable bonds is 3. The number of pyridine rings is 2. The number of aromatic nitrogens is 4. The number of H-pyrrole nitrogens is 1. The number of likely N-dealkylation sites (tertiary alicyclic amines) is 1. The number of benzene rings is 1. The Kier molecular flexibility index (Phi) is 6.59. The topological polar surface area (TPSA) is 116 Å². The fourth-order valence-corrected chi connectivity index (χ4v) is 6.02. The van der Waals surface area contributed by atoms with E-state index in [1.807, 2.05) is 6.07 Å². The van der Waals surface area contributed by atoms with Crippen LogP contribution in [0.1, 0.15) is 66.6 Å². The SMILES string of the molecule is O=C(N[C@@H]1c2cccnc2[C@H](O)CC[C@H]1c1cccc(F)c1F)N1CCC(n2c(=O)[nH]c3ncccc32)CC1. The van der Waals surface area contributed by atoms with Crippen molar-refractivity contribution in [3.8, 4) is 0 Å². The molecule has 11 heteroatoms. The molecular weight excluding hydrogens is 506 g/mol. The van der Waals surface area contributed by atoms with Gasteiger partial charge >= 0.3 is 11.7 Å². The number of nitrogens with one attached hydrogen (secondary N) is 2. The molecular formula is C28H28F2N6O3. The van der Waals surface area contributed by atoms with Crippen LogP contribution < -0.4 is 11.0 Å². The van der Waals surface area contributed by atoms with Crippen LogP contribution in [0.5, 0.6) is 0 Å². The lowest BCUT2D eigenvalue weighted by atomic mass is 9.85. The first-order valence-corrected chi connectivity index (χ1v) is 13.1. The monoisotopic (exact) mass is 534 g/mol. The molecule has 0 bridgehead atoms. The van der Waals surface area contributed by atoms with Gasteiger partial charge in [0.2, 0.25) is 0 Å². The van der Waals surface area contributed by atoms with Crippen LogP contribution in [0.3, 0.4) is 0 Å². The molecule has 9 nitrogen and oxygen atoms in total. The number of aliphatic hydroxyl groups is 1. The number of urea groups is 1. The first-order valence-electron chi connectivity index (χ1n) is 13.1. The zero-order valence-corrected chi connectivity index (χ0v) is 21.1. The number of piperidine rings is 1. The molecule has 0 spiro atoms. The van der Waals surface area contributed by atoms with Crippen molar-refractivity contribution in [2.24, 2.45) is 0 Å². The largest absolute Gasteiger partial charge is 0.387 e. The maximum absolute atomic E-state index is 15.0. The molecule has 1 saturated heterocycles. The zero-order valence-electron chi connectivity index (χ0n) is 21.1. The van der Waals surface area contributed by atoms with Crippen LogP contribution in [0.25, 0.3) is 11.2 Å². The number of carbonyl (C=O) groups is 1. The van der Waals surface area contributed by atoms with Crippen molar-refractivity contribution >= 4 is 17.2 Å². The Bertz CT molecular complexity index is 1580. The van der Waals surface area contributed by atoms with E-state index in [1.165, 1.54) is 12.1 Å². The molecule has 0 saturated carbocycles. The average Bonchev–Trinajstić information content (AvgIpc) is 3.23. The molecule has 2 aliphatic rings. The highest BCUT2D eigenvalue weighted by Crippen LogP contribution is 2.43. The lowest BCUT2D eigenvalue weighted by Gasteiger charge is -2.35. The Hall–Kier alpha value is -4.12. The van der Waals surface area contributed by atoms with Gasteiger partial charge in [0.1, 0.15) is 0 Å². The van der Waals surface area contributed by atoms with Crippen molar-refractivity contribution in [3.05, 3.63) is 93.8 Å². The van der Waals surface area contributed by atoms with Gasteiger partial charge in [0, 0.05) is 37.4 Å². The van der Waals surface area contributed by atoms with E-state index < -0.39 is 29.7 Å². The number of halogens is 2. The van der Waals surface area contributed by atoms with E-state index in [0.29, 0.717) is 49.3 Å². The second-order valence-electron chi connectivity index (χ2n) is 10.1. The Labute approximate surface area is 222 Å². The predicted octanol–water partition coefficient (Wildman–Crippen LogP) is 4.10. The van der Waals surface area contributed by atoms with Crippen molar-refractivity contribution in [1.29, 1.82) is 0 Å². The highest BCUT2D eigenvalue weighted by Gasteiger charge is 2.37. The fourth-order valence-electron chi connectivity index (χ4n) is 6.02. The molecule has 39 heavy (non-hydrogen) atoms. The quantitative estimate of drug-likeness (QED) is 0.343. The van der Waals surface area contributed by atoms with Gasteiger partial charge < -0.3 is 15.3 Å². The molecule has 1 aromatic carbocycles. The number of hydrogen-bond acceptors (Lipinski definition) is 5. The Balaban J connectivity index is 1.25. The predicted molar refractivity (Wildman–Crippen MR) is 139 cm³/mol. The van der Waals surface area contributed by atoms with Crippen molar-refractivity contribution < 1.29 is 18.7 Å². The lowest BCUT2D eigenvalue weighted by Crippen LogP contribution is -2.47. The summed E-state index contributed by atoms with van der Waals surface area (Å²) in [6, 6.07) is 9.96. The molecule has 0 radical (unpaired) electrons. The van der Waals surface area contributed by atoms with Crippen LogP contribution in [0.15, 0.2) is 59.7 Å². The van der Waals surface area contributed by atoms with E-state index in [4.69, 9.17) is 0 Å². The van der Waals surface area contributed by atoms with E-state index in [1.54, 1.807) is 40.1 Å². The average molecular weight is 535 g/mol. The summed E-state index contributed by atoms with van der Waals surface area (Å²) in [5, 5.41) is 13.8. The minimum atomic E-state index is -0.960. The maximum Gasteiger partial charge on any atom is 0.327 e. The molecule has 6 rings (SSSR count). The van der Waals surface area contributed by atoms with E-state index in [0.717, 1.165) is 11.6 Å². The van der Waals surface area contributed by atoms with Gasteiger partial charge in [-0.1, -0.05) is 18.2 Å². The Morgan fingerprint density at radius 2 is 1.72 bits per heavy atom. The molecule has 3 atom stereocenters. The third-order valence-electron chi connectivity index (χ3n) is 7.94. The Morgan fingerprint density at radius 3 is 2.54 bits per heavy atom. The number of nitrogens with zero attached hydrogens (tertiary/aromatic N) is 4. The van der Waals surface area contributed by atoms with Crippen LogP contribution in [0, 0.1) is 11.6 Å². The smallest absolute Gasteiger partial charge is 0.327 e. The van der Waals surface area contributed by atoms with Gasteiger partial charge in [-0.15, -0.1) is 0 Å². The van der Waals surface area contributed by atoms with Gasteiger partial charge in [-0.25, -0.2) is 23.4 Å². The van der Waals surface area contributed by atoms with Gasteiger partial charge in [0.05, 0.1) is 23.4 Å². The third kappa shape index (κ3) is 4.56. The van der Waals surface area contributed by atoms with E-state index in [-0.39, 0.29) is 29.7 Å². The highest BCUT2D eigenvalue weighted by atomic mass is 19.2. The standard InChI is InChI=1S/C28H28F2N6O3/c29-20-6-1-4-17(23(20)30)18-8-9-22(37)25-19(5-2-12-31-25)24(18)33-27(38)35-14-10-16(11-15-35)36-21-7-3-13-32-26(21)34-28(36)39/h1-7,12-13,16,18,22,24,37H,8-11,14-15H2,(H,33,38)(H,32,34,39)/t18-,22+,24-/m0/s1. The first-order chi connectivity index (χ1) is 18.9. The minimum Gasteiger partial charge on any atom is -0.387 e. The van der Waals surface area contributed by atoms with Gasteiger partial charge in [-0.05, 0) is 61.1 Å². The fraction of sp³-hybridized carbons (Fsp3) is 0.357. The number of carbonyl (C=O) groups excluding carboxylic acids is 1. The highest BCUT2D eigenvalue weighted by molar-refractivity contribution is 5.75. The second kappa shape index (κ2) is 10.2. The molecule has 0 unspecified atom stereocenters. The number of fused-ring (bicyclic) bond motifs is 2. The number of amides is 2. The molecule has 202 valence electrons. The minimum absolute atomic E-state index is 0.0911. The van der Waals surface area contributed by atoms with Crippen molar-refractivity contribution in [1.82, 2.24) is 29.7 Å². The van der Waals surface area contributed by atoms with Gasteiger partial charge in [0.25, 0.3) is 0 Å². The maximum atomic E-state index is 15.0. The molecule has 4 aromatic rings. The summed E-state index contributed by atoms with van der Waals surface area (Å²) in [5.41, 5.74) is 2.18. The van der Waals surface area contributed by atoms with Crippen LogP contribution in [0.2, 0.25) is 0 Å². The van der Waals surface area contributed by atoms with Gasteiger partial charge in [-0.3, -0.25) is 14.5 Å². The van der Waals surface area contributed by atoms with Gasteiger partial charge in [-0.2, -0.15) is 0 Å². The normalized spacial score (nSPS) is 21.9.